The molecule has 6 heteroatoms. The summed E-state index contributed by atoms with van der Waals surface area (Å²) >= 11 is 0. The van der Waals surface area contributed by atoms with Crippen LogP contribution in [-0.2, 0) is 11.2 Å². The van der Waals surface area contributed by atoms with Crippen molar-refractivity contribution in [2.45, 2.75) is 13.3 Å². The summed E-state index contributed by atoms with van der Waals surface area (Å²) in [6.45, 7) is 2.00. The van der Waals surface area contributed by atoms with Gasteiger partial charge in [-0.2, -0.15) is 0 Å². The highest BCUT2D eigenvalue weighted by atomic mass is 16.5. The highest BCUT2D eigenvalue weighted by molar-refractivity contribution is 5.90. The number of hydrogen-bond donors (Lipinski definition) is 1. The van der Waals surface area contributed by atoms with Crippen LogP contribution in [0, 0.1) is 6.92 Å². The summed E-state index contributed by atoms with van der Waals surface area (Å²) in [6.07, 6.45) is 0.243. The van der Waals surface area contributed by atoms with E-state index in [0.717, 1.165) is 11.1 Å². The Morgan fingerprint density at radius 2 is 1.88 bits per heavy atom. The quantitative estimate of drug-likeness (QED) is 0.780. The number of anilines is 1. The SMILES string of the molecule is COc1ccccc1-c1nnc(NC(=O)Cc2ccc(C)cc2)o1. The van der Waals surface area contributed by atoms with Gasteiger partial charge in [0.25, 0.3) is 5.89 Å². The molecule has 1 heterocycles. The molecular weight excluding hydrogens is 306 g/mol. The fourth-order valence-electron chi connectivity index (χ4n) is 2.26. The average molecular weight is 323 g/mol. The molecule has 0 atom stereocenters. The van der Waals surface area contributed by atoms with Crippen LogP contribution in [0.3, 0.4) is 0 Å². The van der Waals surface area contributed by atoms with Gasteiger partial charge in [-0.1, -0.05) is 47.1 Å². The predicted octanol–water partition coefficient (Wildman–Crippen LogP) is 3.23. The zero-order valence-electron chi connectivity index (χ0n) is 13.4. The van der Waals surface area contributed by atoms with Crippen molar-refractivity contribution in [3.8, 4) is 17.2 Å². The molecule has 1 aromatic heterocycles. The number of para-hydroxylation sites is 1. The van der Waals surface area contributed by atoms with Crippen LogP contribution in [0.15, 0.2) is 52.9 Å². The van der Waals surface area contributed by atoms with E-state index in [4.69, 9.17) is 9.15 Å². The fraction of sp³-hybridized carbons (Fsp3) is 0.167. The van der Waals surface area contributed by atoms with Crippen LogP contribution in [0.25, 0.3) is 11.5 Å². The molecule has 1 amide bonds. The third kappa shape index (κ3) is 3.60. The molecule has 0 aliphatic heterocycles. The van der Waals surface area contributed by atoms with Gasteiger partial charge in [-0.05, 0) is 24.6 Å². The maximum atomic E-state index is 12.1. The molecular formula is C18H17N3O3. The van der Waals surface area contributed by atoms with Gasteiger partial charge < -0.3 is 9.15 Å². The Balaban J connectivity index is 1.69. The Morgan fingerprint density at radius 1 is 1.12 bits per heavy atom. The van der Waals surface area contributed by atoms with E-state index >= 15 is 0 Å². The summed E-state index contributed by atoms with van der Waals surface area (Å²) in [7, 11) is 1.57. The van der Waals surface area contributed by atoms with Crippen LogP contribution in [-0.4, -0.2) is 23.2 Å². The number of hydrogen-bond acceptors (Lipinski definition) is 5. The van der Waals surface area contributed by atoms with Crippen LogP contribution < -0.4 is 10.1 Å². The molecule has 6 nitrogen and oxygen atoms in total. The predicted molar refractivity (Wildman–Crippen MR) is 89.8 cm³/mol. The molecule has 0 saturated heterocycles. The lowest BCUT2D eigenvalue weighted by Crippen LogP contribution is -2.14. The number of ether oxygens (including phenoxy) is 1. The number of methoxy groups -OCH3 is 1. The molecule has 0 fully saturated rings. The third-order valence-electron chi connectivity index (χ3n) is 3.49. The van der Waals surface area contributed by atoms with E-state index in [1.54, 1.807) is 13.2 Å². The summed E-state index contributed by atoms with van der Waals surface area (Å²) in [5.41, 5.74) is 2.74. The zero-order valence-corrected chi connectivity index (χ0v) is 13.4. The molecule has 122 valence electrons. The molecule has 24 heavy (non-hydrogen) atoms. The zero-order chi connectivity index (χ0) is 16.9. The van der Waals surface area contributed by atoms with Crippen molar-refractivity contribution in [1.82, 2.24) is 10.2 Å². The normalized spacial score (nSPS) is 10.4. The minimum atomic E-state index is -0.214. The van der Waals surface area contributed by atoms with Gasteiger partial charge in [-0.3, -0.25) is 10.1 Å². The molecule has 1 N–H and O–H groups in total. The van der Waals surface area contributed by atoms with E-state index in [2.05, 4.69) is 15.5 Å². The van der Waals surface area contributed by atoms with E-state index in [1.807, 2.05) is 49.4 Å². The van der Waals surface area contributed by atoms with Crippen molar-refractivity contribution >= 4 is 11.9 Å². The maximum absolute atomic E-state index is 12.1. The van der Waals surface area contributed by atoms with Gasteiger partial charge in [0.15, 0.2) is 0 Å². The lowest BCUT2D eigenvalue weighted by molar-refractivity contribution is -0.115. The maximum Gasteiger partial charge on any atom is 0.322 e. The standard InChI is InChI=1S/C18H17N3O3/c1-12-7-9-13(10-8-12)11-16(22)19-18-21-20-17(24-18)14-5-3-4-6-15(14)23-2/h3-10H,11H2,1-2H3,(H,19,21,22). The highest BCUT2D eigenvalue weighted by Gasteiger charge is 2.14. The number of aromatic nitrogens is 2. The Hall–Kier alpha value is -3.15. The molecule has 0 spiro atoms. The molecule has 0 unspecified atom stereocenters. The second-order valence-electron chi connectivity index (χ2n) is 5.32. The van der Waals surface area contributed by atoms with Crippen molar-refractivity contribution in [3.05, 3.63) is 59.7 Å². The van der Waals surface area contributed by atoms with Gasteiger partial charge in [0.1, 0.15) is 5.75 Å². The Labute approximate surface area is 139 Å². The van der Waals surface area contributed by atoms with Gasteiger partial charge >= 0.3 is 6.01 Å². The summed E-state index contributed by atoms with van der Waals surface area (Å²) < 4.78 is 10.8. The van der Waals surface area contributed by atoms with Crippen LogP contribution in [0.4, 0.5) is 6.01 Å². The molecule has 0 aliphatic rings. The number of carbonyl (C=O) groups excluding carboxylic acids is 1. The lowest BCUT2D eigenvalue weighted by Gasteiger charge is -2.03. The number of rotatable bonds is 5. The fourth-order valence-corrected chi connectivity index (χ4v) is 2.26. The van der Waals surface area contributed by atoms with Gasteiger partial charge in [0, 0.05) is 0 Å². The highest BCUT2D eigenvalue weighted by Crippen LogP contribution is 2.29. The van der Waals surface area contributed by atoms with Gasteiger partial charge in [-0.25, -0.2) is 0 Å². The van der Waals surface area contributed by atoms with Crippen LogP contribution in [0.2, 0.25) is 0 Å². The van der Waals surface area contributed by atoms with Crippen molar-refractivity contribution in [3.63, 3.8) is 0 Å². The van der Waals surface area contributed by atoms with Crippen LogP contribution in [0.1, 0.15) is 11.1 Å². The summed E-state index contributed by atoms with van der Waals surface area (Å²) in [5, 5.41) is 10.4. The first kappa shape index (κ1) is 15.7. The largest absolute Gasteiger partial charge is 0.496 e. The smallest absolute Gasteiger partial charge is 0.322 e. The molecule has 2 aromatic carbocycles. The number of amides is 1. The Kier molecular flexibility index (Phi) is 4.56. The molecule has 0 saturated carbocycles. The summed E-state index contributed by atoms with van der Waals surface area (Å²) in [5.74, 6) is 0.700. The second kappa shape index (κ2) is 6.95. The van der Waals surface area contributed by atoms with Gasteiger partial charge in [0.05, 0.1) is 19.1 Å². The van der Waals surface area contributed by atoms with Crippen molar-refractivity contribution in [2.24, 2.45) is 0 Å². The van der Waals surface area contributed by atoms with Gasteiger partial charge in [0.2, 0.25) is 5.91 Å². The van der Waals surface area contributed by atoms with Crippen molar-refractivity contribution in [2.75, 3.05) is 12.4 Å². The Morgan fingerprint density at radius 3 is 2.62 bits per heavy atom. The van der Waals surface area contributed by atoms with Crippen LogP contribution in [0.5, 0.6) is 5.75 Å². The number of benzene rings is 2. The first-order chi connectivity index (χ1) is 11.7. The first-order valence-electron chi connectivity index (χ1n) is 7.48. The molecule has 3 rings (SSSR count). The minimum absolute atomic E-state index is 0.0630. The molecule has 0 radical (unpaired) electrons. The molecule has 0 aliphatic carbocycles. The van der Waals surface area contributed by atoms with E-state index in [-0.39, 0.29) is 24.2 Å². The second-order valence-corrected chi connectivity index (χ2v) is 5.32. The molecule has 3 aromatic rings. The van der Waals surface area contributed by atoms with E-state index in [0.29, 0.717) is 11.3 Å². The number of carbonyl (C=O) groups is 1. The van der Waals surface area contributed by atoms with E-state index in [1.165, 1.54) is 0 Å². The van der Waals surface area contributed by atoms with E-state index < -0.39 is 0 Å². The van der Waals surface area contributed by atoms with Crippen molar-refractivity contribution in [1.29, 1.82) is 0 Å². The third-order valence-corrected chi connectivity index (χ3v) is 3.49. The van der Waals surface area contributed by atoms with Crippen molar-refractivity contribution < 1.29 is 13.9 Å². The number of nitrogens with one attached hydrogen (secondary N) is 1. The topological polar surface area (TPSA) is 77.3 Å². The summed E-state index contributed by atoms with van der Waals surface area (Å²) in [4.78, 5) is 12.1. The lowest BCUT2D eigenvalue weighted by atomic mass is 10.1. The van der Waals surface area contributed by atoms with E-state index in [9.17, 15) is 4.79 Å². The average Bonchev–Trinajstić information content (AvgIpc) is 3.05. The first-order valence-corrected chi connectivity index (χ1v) is 7.48. The summed E-state index contributed by atoms with van der Waals surface area (Å²) in [6, 6.07) is 15.1. The minimum Gasteiger partial charge on any atom is -0.496 e. The number of aryl methyl sites for hydroxylation is 1. The number of nitrogens with zero attached hydrogens (tertiary/aromatic N) is 2. The molecule has 0 bridgehead atoms. The Bertz CT molecular complexity index is 841. The van der Waals surface area contributed by atoms with Crippen LogP contribution >= 0.6 is 0 Å². The van der Waals surface area contributed by atoms with Gasteiger partial charge in [-0.15, -0.1) is 5.10 Å². The monoisotopic (exact) mass is 323 g/mol.